The second-order valence-corrected chi connectivity index (χ2v) is 3.65. The molecular weight excluding hydrogens is 136 g/mol. The van der Waals surface area contributed by atoms with Crippen LogP contribution < -0.4 is 0 Å². The van der Waals surface area contributed by atoms with Crippen LogP contribution in [0, 0.1) is 17.2 Å². The lowest BCUT2D eigenvalue weighted by molar-refractivity contribution is 0.404. The summed E-state index contributed by atoms with van der Waals surface area (Å²) in [5, 5.41) is 7.07. The summed E-state index contributed by atoms with van der Waals surface area (Å²) in [6, 6.07) is 0.669. The van der Waals surface area contributed by atoms with E-state index in [9.17, 15) is 0 Å². The summed E-state index contributed by atoms with van der Waals surface area (Å²) >= 11 is 0. The fourth-order valence-corrected chi connectivity index (χ4v) is 1.68. The minimum absolute atomic E-state index is 0.669. The first kappa shape index (κ1) is 8.57. The first-order valence-electron chi connectivity index (χ1n) is 4.43. The zero-order chi connectivity index (χ0) is 8.43. The van der Waals surface area contributed by atoms with Crippen molar-refractivity contribution in [3.63, 3.8) is 0 Å². The molecule has 11 heavy (non-hydrogen) atoms. The summed E-state index contributed by atoms with van der Waals surface area (Å²) in [6.45, 7) is 4.55. The van der Waals surface area contributed by atoms with Gasteiger partial charge < -0.3 is 4.90 Å². The topological polar surface area (TPSA) is 27.1 Å². The van der Waals surface area contributed by atoms with E-state index in [1.807, 2.05) is 11.9 Å². The maximum Gasteiger partial charge on any atom is 0.0817 e. The molecule has 1 rings (SSSR count). The van der Waals surface area contributed by atoms with Gasteiger partial charge in [0.2, 0.25) is 0 Å². The van der Waals surface area contributed by atoms with Gasteiger partial charge in [-0.3, -0.25) is 5.41 Å². The summed E-state index contributed by atoms with van der Waals surface area (Å²) < 4.78 is 0. The first-order valence-corrected chi connectivity index (χ1v) is 4.43. The molecule has 0 heterocycles. The molecule has 0 aromatic rings. The van der Waals surface area contributed by atoms with Gasteiger partial charge in [-0.2, -0.15) is 0 Å². The molecule has 0 bridgehead atoms. The highest BCUT2D eigenvalue weighted by atomic mass is 15.2. The third-order valence-electron chi connectivity index (χ3n) is 2.91. The van der Waals surface area contributed by atoms with Crippen molar-refractivity contribution >= 4 is 6.34 Å². The Labute approximate surface area is 69.1 Å². The molecule has 1 aliphatic rings. The number of nitrogens with one attached hydrogen (secondary N) is 1. The van der Waals surface area contributed by atoms with Crippen molar-refractivity contribution in [3.8, 4) is 0 Å². The monoisotopic (exact) mass is 154 g/mol. The molecule has 2 nitrogen and oxygen atoms in total. The van der Waals surface area contributed by atoms with Crippen molar-refractivity contribution in [2.75, 3.05) is 7.05 Å². The molecule has 64 valence electrons. The predicted octanol–water partition coefficient (Wildman–Crippen LogP) is 1.96. The van der Waals surface area contributed by atoms with Crippen molar-refractivity contribution in [1.82, 2.24) is 4.90 Å². The molecule has 0 aliphatic heterocycles. The predicted molar refractivity (Wildman–Crippen MR) is 47.9 cm³/mol. The Hall–Kier alpha value is -0.530. The van der Waals surface area contributed by atoms with E-state index in [-0.39, 0.29) is 0 Å². The van der Waals surface area contributed by atoms with Gasteiger partial charge in [-0.1, -0.05) is 20.3 Å². The average Bonchev–Trinajstić information content (AvgIpc) is 2.80. The Morgan fingerprint density at radius 1 is 1.73 bits per heavy atom. The van der Waals surface area contributed by atoms with E-state index in [0.717, 1.165) is 11.8 Å². The van der Waals surface area contributed by atoms with E-state index in [0.29, 0.717) is 6.04 Å². The molecule has 1 N–H and O–H groups in total. The van der Waals surface area contributed by atoms with Gasteiger partial charge in [-0.25, -0.2) is 0 Å². The molecule has 1 saturated carbocycles. The van der Waals surface area contributed by atoms with Crippen LogP contribution in [0.3, 0.4) is 0 Å². The van der Waals surface area contributed by atoms with Gasteiger partial charge >= 0.3 is 0 Å². The van der Waals surface area contributed by atoms with Gasteiger partial charge in [-0.05, 0) is 18.3 Å². The highest BCUT2D eigenvalue weighted by Crippen LogP contribution is 2.41. The van der Waals surface area contributed by atoms with Crippen LogP contribution in [0.25, 0.3) is 0 Å². The largest absolute Gasteiger partial charge is 0.363 e. The Balaban J connectivity index is 2.30. The minimum Gasteiger partial charge on any atom is -0.363 e. The second kappa shape index (κ2) is 3.24. The molecule has 0 amide bonds. The molecule has 0 spiro atoms. The second-order valence-electron chi connectivity index (χ2n) is 3.65. The molecule has 1 fully saturated rings. The number of rotatable bonds is 4. The molecule has 0 saturated heterocycles. The Morgan fingerprint density at radius 2 is 2.36 bits per heavy atom. The van der Waals surface area contributed by atoms with Crippen molar-refractivity contribution in [2.24, 2.45) is 11.8 Å². The fraction of sp³-hybridized carbons (Fsp3) is 0.889. The van der Waals surface area contributed by atoms with Crippen LogP contribution in [0.1, 0.15) is 26.7 Å². The number of hydrogen-bond donors (Lipinski definition) is 1. The van der Waals surface area contributed by atoms with Gasteiger partial charge in [-0.15, -0.1) is 0 Å². The smallest absolute Gasteiger partial charge is 0.0817 e. The van der Waals surface area contributed by atoms with Crippen LogP contribution in [0.5, 0.6) is 0 Å². The molecule has 2 heteroatoms. The normalized spacial score (nSPS) is 31.2. The van der Waals surface area contributed by atoms with Crippen molar-refractivity contribution in [2.45, 2.75) is 32.7 Å². The van der Waals surface area contributed by atoms with Gasteiger partial charge in [0.15, 0.2) is 0 Å². The molecule has 0 aromatic carbocycles. The molecule has 3 unspecified atom stereocenters. The zero-order valence-corrected chi connectivity index (χ0v) is 7.67. The third-order valence-corrected chi connectivity index (χ3v) is 2.91. The lowest BCUT2D eigenvalue weighted by Crippen LogP contribution is -2.21. The van der Waals surface area contributed by atoms with Crippen LogP contribution in [0.2, 0.25) is 0 Å². The third kappa shape index (κ3) is 1.73. The van der Waals surface area contributed by atoms with Gasteiger partial charge in [0.05, 0.1) is 6.34 Å². The summed E-state index contributed by atoms with van der Waals surface area (Å²) in [5.41, 5.74) is 0. The van der Waals surface area contributed by atoms with Gasteiger partial charge in [0, 0.05) is 13.1 Å². The standard InChI is InChI=1S/C9H18N2/c1-4-7(2)8-5-9(8)11(3)6-10/h6-10H,4-5H2,1-3H3. The van der Waals surface area contributed by atoms with E-state index >= 15 is 0 Å². The highest BCUT2D eigenvalue weighted by molar-refractivity contribution is 5.51. The van der Waals surface area contributed by atoms with Crippen LogP contribution in [-0.2, 0) is 0 Å². The molecule has 0 aromatic heterocycles. The van der Waals surface area contributed by atoms with Gasteiger partial charge in [0.25, 0.3) is 0 Å². The number of nitrogens with zero attached hydrogens (tertiary/aromatic N) is 1. The lowest BCUT2D eigenvalue weighted by atomic mass is 10.0. The van der Waals surface area contributed by atoms with Crippen LogP contribution in [0.4, 0.5) is 0 Å². The van der Waals surface area contributed by atoms with Crippen molar-refractivity contribution in [1.29, 1.82) is 5.41 Å². The maximum atomic E-state index is 7.07. The Morgan fingerprint density at radius 3 is 2.82 bits per heavy atom. The van der Waals surface area contributed by atoms with Crippen molar-refractivity contribution < 1.29 is 0 Å². The Bertz CT molecular complexity index is 144. The summed E-state index contributed by atoms with van der Waals surface area (Å²) in [6.07, 6.45) is 4.00. The van der Waals surface area contributed by atoms with Crippen LogP contribution in [-0.4, -0.2) is 24.3 Å². The van der Waals surface area contributed by atoms with Crippen molar-refractivity contribution in [3.05, 3.63) is 0 Å². The zero-order valence-electron chi connectivity index (χ0n) is 7.67. The van der Waals surface area contributed by atoms with E-state index in [4.69, 9.17) is 5.41 Å². The van der Waals surface area contributed by atoms with Gasteiger partial charge in [0.1, 0.15) is 0 Å². The molecular formula is C9H18N2. The molecule has 1 aliphatic carbocycles. The van der Waals surface area contributed by atoms with E-state index in [2.05, 4.69) is 13.8 Å². The summed E-state index contributed by atoms with van der Waals surface area (Å²) in [5.74, 6) is 1.69. The fourth-order valence-electron chi connectivity index (χ4n) is 1.68. The summed E-state index contributed by atoms with van der Waals surface area (Å²) in [7, 11) is 2.00. The van der Waals surface area contributed by atoms with E-state index in [1.165, 1.54) is 19.2 Å². The molecule has 0 radical (unpaired) electrons. The first-order chi connectivity index (χ1) is 5.20. The quantitative estimate of drug-likeness (QED) is 0.486. The SMILES string of the molecule is CCC(C)C1CC1N(C)C=N. The maximum absolute atomic E-state index is 7.07. The highest BCUT2D eigenvalue weighted by Gasteiger charge is 2.42. The van der Waals surface area contributed by atoms with Crippen LogP contribution in [0.15, 0.2) is 0 Å². The van der Waals surface area contributed by atoms with E-state index in [1.54, 1.807) is 0 Å². The molecule has 3 atom stereocenters. The van der Waals surface area contributed by atoms with E-state index < -0.39 is 0 Å². The summed E-state index contributed by atoms with van der Waals surface area (Å²) in [4.78, 5) is 2.02. The minimum atomic E-state index is 0.669. The number of hydrogen-bond acceptors (Lipinski definition) is 1. The lowest BCUT2D eigenvalue weighted by Gasteiger charge is -2.14. The average molecular weight is 154 g/mol. The van der Waals surface area contributed by atoms with Crippen LogP contribution >= 0.6 is 0 Å². The Kier molecular flexibility index (Phi) is 2.53.